The van der Waals surface area contributed by atoms with Crippen LogP contribution in [0.3, 0.4) is 0 Å². The average Bonchev–Trinajstić information content (AvgIpc) is 3.15. The van der Waals surface area contributed by atoms with E-state index in [4.69, 9.17) is 21.1 Å². The van der Waals surface area contributed by atoms with Gasteiger partial charge in [0.25, 0.3) is 0 Å². The van der Waals surface area contributed by atoms with Crippen LogP contribution in [0.2, 0.25) is 5.15 Å². The van der Waals surface area contributed by atoms with E-state index in [0.717, 1.165) is 54.0 Å². The highest BCUT2D eigenvalue weighted by molar-refractivity contribution is 6.30. The predicted molar refractivity (Wildman–Crippen MR) is 95.1 cm³/mol. The number of benzene rings is 1. The minimum Gasteiger partial charge on any atom is -0.497 e. The maximum absolute atomic E-state index is 6.37. The molecule has 3 rings (SSSR count). The minimum absolute atomic E-state index is 0.436. The van der Waals surface area contributed by atoms with Gasteiger partial charge in [0, 0.05) is 37.2 Å². The quantitative estimate of drug-likeness (QED) is 0.829. The number of nitrogens with zero attached hydrogens (tertiary/aromatic N) is 3. The summed E-state index contributed by atoms with van der Waals surface area (Å²) in [5, 5.41) is 5.13. The zero-order valence-corrected chi connectivity index (χ0v) is 15.4. The second-order valence-electron chi connectivity index (χ2n) is 6.31. The molecule has 1 aliphatic heterocycles. The molecule has 130 valence electrons. The number of likely N-dealkylation sites (tertiary alicyclic amines) is 1. The van der Waals surface area contributed by atoms with Crippen LogP contribution < -0.4 is 9.47 Å². The van der Waals surface area contributed by atoms with E-state index in [-0.39, 0.29) is 0 Å². The molecule has 1 fully saturated rings. The first-order chi connectivity index (χ1) is 11.5. The summed E-state index contributed by atoms with van der Waals surface area (Å²) < 4.78 is 12.7. The van der Waals surface area contributed by atoms with Crippen LogP contribution in [-0.4, -0.2) is 42.0 Å². The highest BCUT2D eigenvalue weighted by Crippen LogP contribution is 2.36. The molecule has 1 atom stereocenters. The second-order valence-corrected chi connectivity index (χ2v) is 6.66. The Morgan fingerprint density at radius 2 is 2.08 bits per heavy atom. The molecule has 0 radical (unpaired) electrons. The van der Waals surface area contributed by atoms with Crippen LogP contribution in [0.4, 0.5) is 0 Å². The van der Waals surface area contributed by atoms with Gasteiger partial charge in [-0.1, -0.05) is 11.6 Å². The van der Waals surface area contributed by atoms with Crippen molar-refractivity contribution in [3.05, 3.63) is 40.2 Å². The highest BCUT2D eigenvalue weighted by atomic mass is 35.5. The molecular formula is C18H24ClN3O2. The first kappa shape index (κ1) is 17.1. The third kappa shape index (κ3) is 3.23. The molecule has 0 unspecified atom stereocenters. The molecule has 2 heterocycles. The van der Waals surface area contributed by atoms with Crippen LogP contribution in [0.25, 0.3) is 0 Å². The van der Waals surface area contributed by atoms with Crippen LogP contribution in [0.15, 0.2) is 18.2 Å². The normalized spacial score (nSPS) is 18.1. The molecule has 6 heteroatoms. The molecule has 0 aliphatic carbocycles. The molecule has 0 N–H and O–H groups in total. The van der Waals surface area contributed by atoms with Gasteiger partial charge < -0.3 is 9.47 Å². The summed E-state index contributed by atoms with van der Waals surface area (Å²) >= 11 is 6.37. The summed E-state index contributed by atoms with van der Waals surface area (Å²) in [6, 6.07) is 6.02. The van der Waals surface area contributed by atoms with E-state index in [0.29, 0.717) is 5.92 Å². The summed E-state index contributed by atoms with van der Waals surface area (Å²) in [6.45, 7) is 4.87. The van der Waals surface area contributed by atoms with Gasteiger partial charge in [-0.15, -0.1) is 0 Å². The van der Waals surface area contributed by atoms with E-state index in [1.807, 2.05) is 26.1 Å². The predicted octanol–water partition coefficient (Wildman–Crippen LogP) is 3.39. The fourth-order valence-corrected chi connectivity index (χ4v) is 3.70. The Kier molecular flexibility index (Phi) is 5.01. The number of aryl methyl sites for hydroxylation is 2. The van der Waals surface area contributed by atoms with Crippen molar-refractivity contribution in [1.29, 1.82) is 0 Å². The molecule has 1 aromatic heterocycles. The largest absolute Gasteiger partial charge is 0.497 e. The minimum atomic E-state index is 0.436. The molecule has 2 aromatic rings. The van der Waals surface area contributed by atoms with Crippen LogP contribution in [0.5, 0.6) is 11.5 Å². The third-order valence-corrected chi connectivity index (χ3v) is 5.27. The first-order valence-electron chi connectivity index (χ1n) is 8.15. The highest BCUT2D eigenvalue weighted by Gasteiger charge is 2.28. The molecule has 0 bridgehead atoms. The Bertz CT molecular complexity index is 729. The van der Waals surface area contributed by atoms with Crippen LogP contribution in [0.1, 0.15) is 29.2 Å². The van der Waals surface area contributed by atoms with Crippen molar-refractivity contribution >= 4 is 11.6 Å². The maximum atomic E-state index is 6.37. The van der Waals surface area contributed by atoms with E-state index in [1.54, 1.807) is 18.9 Å². The molecule has 1 saturated heterocycles. The Balaban J connectivity index is 1.76. The topological polar surface area (TPSA) is 39.5 Å². The van der Waals surface area contributed by atoms with Crippen molar-refractivity contribution in [3.63, 3.8) is 0 Å². The first-order valence-corrected chi connectivity index (χ1v) is 8.53. The number of aromatic nitrogens is 2. The number of halogens is 1. The Morgan fingerprint density at radius 3 is 2.71 bits per heavy atom. The molecule has 0 spiro atoms. The molecule has 5 nitrogen and oxygen atoms in total. The van der Waals surface area contributed by atoms with E-state index in [2.05, 4.69) is 16.1 Å². The number of methoxy groups -OCH3 is 2. The van der Waals surface area contributed by atoms with Crippen molar-refractivity contribution in [2.24, 2.45) is 7.05 Å². The fraction of sp³-hybridized carbons (Fsp3) is 0.500. The van der Waals surface area contributed by atoms with Gasteiger partial charge in [0.15, 0.2) is 0 Å². The molecule has 0 saturated carbocycles. The molecule has 0 amide bonds. The van der Waals surface area contributed by atoms with E-state index >= 15 is 0 Å². The average molecular weight is 350 g/mol. The number of hydrogen-bond donors (Lipinski definition) is 0. The van der Waals surface area contributed by atoms with Crippen LogP contribution >= 0.6 is 11.6 Å². The Hall–Kier alpha value is -1.72. The summed E-state index contributed by atoms with van der Waals surface area (Å²) in [5.41, 5.74) is 3.34. The number of hydrogen-bond acceptors (Lipinski definition) is 4. The zero-order chi connectivity index (χ0) is 17.3. The lowest BCUT2D eigenvalue weighted by Crippen LogP contribution is -2.20. The maximum Gasteiger partial charge on any atom is 0.131 e. The second kappa shape index (κ2) is 7.03. The van der Waals surface area contributed by atoms with Gasteiger partial charge >= 0.3 is 0 Å². The van der Waals surface area contributed by atoms with Crippen molar-refractivity contribution < 1.29 is 9.47 Å². The monoisotopic (exact) mass is 349 g/mol. The molecule has 1 aliphatic rings. The SMILES string of the molecule is COc1ccc(OC)c([C@@H]2CCN(Cc3c(C)nn(C)c3Cl)C2)c1. The molecule has 1 aromatic carbocycles. The van der Waals surface area contributed by atoms with E-state index in [1.165, 1.54) is 5.56 Å². The summed E-state index contributed by atoms with van der Waals surface area (Å²) in [5.74, 6) is 2.24. The summed E-state index contributed by atoms with van der Waals surface area (Å²) in [7, 11) is 5.29. The Labute approximate surface area is 148 Å². The Morgan fingerprint density at radius 1 is 1.29 bits per heavy atom. The van der Waals surface area contributed by atoms with Crippen molar-refractivity contribution in [2.45, 2.75) is 25.8 Å². The summed E-state index contributed by atoms with van der Waals surface area (Å²) in [4.78, 5) is 2.43. The number of rotatable bonds is 5. The van der Waals surface area contributed by atoms with Gasteiger partial charge in [-0.2, -0.15) is 5.10 Å². The lowest BCUT2D eigenvalue weighted by molar-refractivity contribution is 0.324. The lowest BCUT2D eigenvalue weighted by atomic mass is 9.97. The van der Waals surface area contributed by atoms with Crippen molar-refractivity contribution in [1.82, 2.24) is 14.7 Å². The van der Waals surface area contributed by atoms with Crippen molar-refractivity contribution in [2.75, 3.05) is 27.3 Å². The van der Waals surface area contributed by atoms with Crippen LogP contribution in [-0.2, 0) is 13.6 Å². The van der Waals surface area contributed by atoms with Gasteiger partial charge in [0.2, 0.25) is 0 Å². The van der Waals surface area contributed by atoms with Gasteiger partial charge in [0.05, 0.1) is 19.9 Å². The van der Waals surface area contributed by atoms with E-state index in [9.17, 15) is 0 Å². The molecular weight excluding hydrogens is 326 g/mol. The standard InChI is InChI=1S/C18H24ClN3O2/c1-12-16(18(19)21(2)20-12)11-22-8-7-13(10-22)15-9-14(23-3)5-6-17(15)24-4/h5-6,9,13H,7-8,10-11H2,1-4H3/t13-/m1/s1. The van der Waals surface area contributed by atoms with Gasteiger partial charge in [-0.05, 0) is 38.1 Å². The van der Waals surface area contributed by atoms with Crippen LogP contribution in [0, 0.1) is 6.92 Å². The fourth-order valence-electron chi connectivity index (χ4n) is 3.47. The van der Waals surface area contributed by atoms with Gasteiger partial charge in [-0.3, -0.25) is 9.58 Å². The van der Waals surface area contributed by atoms with Crippen molar-refractivity contribution in [3.8, 4) is 11.5 Å². The van der Waals surface area contributed by atoms with E-state index < -0.39 is 0 Å². The smallest absolute Gasteiger partial charge is 0.131 e. The summed E-state index contributed by atoms with van der Waals surface area (Å²) in [6.07, 6.45) is 1.10. The van der Waals surface area contributed by atoms with Gasteiger partial charge in [0.1, 0.15) is 16.7 Å². The zero-order valence-electron chi connectivity index (χ0n) is 14.7. The number of ether oxygens (including phenoxy) is 2. The van der Waals surface area contributed by atoms with Gasteiger partial charge in [-0.25, -0.2) is 0 Å². The third-order valence-electron chi connectivity index (χ3n) is 4.80. The lowest BCUT2D eigenvalue weighted by Gasteiger charge is -2.18. The molecule has 24 heavy (non-hydrogen) atoms.